The second-order valence-electron chi connectivity index (χ2n) is 4.74. The van der Waals surface area contributed by atoms with E-state index < -0.39 is 0 Å². The molecular weight excluding hydrogens is 190 g/mol. The van der Waals surface area contributed by atoms with Crippen molar-refractivity contribution in [2.24, 2.45) is 5.92 Å². The van der Waals surface area contributed by atoms with Crippen LogP contribution in [-0.4, -0.2) is 23.6 Å². The molecule has 0 aliphatic heterocycles. The van der Waals surface area contributed by atoms with Crippen LogP contribution in [0.25, 0.3) is 0 Å². The van der Waals surface area contributed by atoms with Crippen molar-refractivity contribution in [2.75, 3.05) is 12.3 Å². The Morgan fingerprint density at radius 2 is 1.93 bits per heavy atom. The first-order chi connectivity index (χ1) is 6.90. The van der Waals surface area contributed by atoms with E-state index in [1.54, 1.807) is 0 Å². The molecule has 2 aliphatic rings. The molecule has 2 rings (SSSR count). The van der Waals surface area contributed by atoms with E-state index >= 15 is 0 Å². The molecule has 2 aliphatic carbocycles. The first-order valence-electron chi connectivity index (χ1n) is 6.25. The average molecular weight is 213 g/mol. The Hall–Kier alpha value is 0.310. The lowest BCUT2D eigenvalue weighted by atomic mass is 10.2. The third-order valence-corrected chi connectivity index (χ3v) is 4.97. The zero-order valence-electron chi connectivity index (χ0n) is 9.30. The zero-order chi connectivity index (χ0) is 9.80. The lowest BCUT2D eigenvalue weighted by Gasteiger charge is -2.18. The lowest BCUT2D eigenvalue weighted by Crippen LogP contribution is -2.33. The second kappa shape index (κ2) is 5.41. The summed E-state index contributed by atoms with van der Waals surface area (Å²) in [5.74, 6) is 2.38. The summed E-state index contributed by atoms with van der Waals surface area (Å²) in [4.78, 5) is 0. The van der Waals surface area contributed by atoms with Gasteiger partial charge in [-0.1, -0.05) is 19.8 Å². The molecule has 1 atom stereocenters. The average Bonchev–Trinajstić information content (AvgIpc) is 2.90. The van der Waals surface area contributed by atoms with Crippen LogP contribution in [0, 0.1) is 5.92 Å². The molecule has 82 valence electrons. The fourth-order valence-corrected chi connectivity index (χ4v) is 3.95. The van der Waals surface area contributed by atoms with E-state index in [9.17, 15) is 0 Å². The smallest absolute Gasteiger partial charge is 0.0186 e. The van der Waals surface area contributed by atoms with Crippen molar-refractivity contribution < 1.29 is 0 Å². The van der Waals surface area contributed by atoms with Crippen molar-refractivity contribution in [3.05, 3.63) is 0 Å². The molecule has 0 radical (unpaired) electrons. The normalized spacial score (nSPS) is 25.5. The Morgan fingerprint density at radius 3 is 2.50 bits per heavy atom. The maximum atomic E-state index is 3.65. The van der Waals surface area contributed by atoms with Crippen molar-refractivity contribution in [1.29, 1.82) is 0 Å². The number of nitrogens with one attached hydrogen (secondary N) is 1. The Morgan fingerprint density at radius 1 is 1.21 bits per heavy atom. The Bertz CT molecular complexity index is 162. The summed E-state index contributed by atoms with van der Waals surface area (Å²) in [6.45, 7) is 3.38. The van der Waals surface area contributed by atoms with E-state index in [1.165, 1.54) is 44.3 Å². The van der Waals surface area contributed by atoms with Gasteiger partial charge in [0, 0.05) is 17.0 Å². The zero-order valence-corrected chi connectivity index (χ0v) is 10.1. The number of hydrogen-bond acceptors (Lipinski definition) is 2. The summed E-state index contributed by atoms with van der Waals surface area (Å²) in [6, 6.07) is 0.825. The topological polar surface area (TPSA) is 12.0 Å². The molecule has 0 spiro atoms. The third-order valence-electron chi connectivity index (χ3n) is 3.47. The quantitative estimate of drug-likeness (QED) is 0.728. The number of hydrogen-bond donors (Lipinski definition) is 1. The molecule has 1 unspecified atom stereocenters. The van der Waals surface area contributed by atoms with Crippen LogP contribution in [0.4, 0.5) is 0 Å². The first-order valence-corrected chi connectivity index (χ1v) is 7.30. The van der Waals surface area contributed by atoms with Crippen LogP contribution in [0.3, 0.4) is 0 Å². The molecule has 2 fully saturated rings. The van der Waals surface area contributed by atoms with Gasteiger partial charge in [0.05, 0.1) is 0 Å². The molecule has 0 amide bonds. The number of rotatable bonds is 6. The highest BCUT2D eigenvalue weighted by atomic mass is 32.2. The van der Waals surface area contributed by atoms with Gasteiger partial charge in [-0.3, -0.25) is 0 Å². The Kier molecular flexibility index (Phi) is 4.18. The molecule has 0 aromatic heterocycles. The van der Waals surface area contributed by atoms with Gasteiger partial charge in [0.15, 0.2) is 0 Å². The summed E-state index contributed by atoms with van der Waals surface area (Å²) in [6.07, 6.45) is 8.87. The third kappa shape index (κ3) is 3.16. The summed E-state index contributed by atoms with van der Waals surface area (Å²) in [5, 5.41) is 4.64. The molecule has 1 nitrogen and oxygen atoms in total. The summed E-state index contributed by atoms with van der Waals surface area (Å²) in [7, 11) is 0. The lowest BCUT2D eigenvalue weighted by molar-refractivity contribution is 0.519. The Balaban J connectivity index is 1.65. The molecule has 0 aromatic rings. The van der Waals surface area contributed by atoms with Crippen molar-refractivity contribution >= 4 is 11.8 Å². The molecule has 0 saturated heterocycles. The van der Waals surface area contributed by atoms with Crippen LogP contribution >= 0.6 is 11.8 Å². The Labute approximate surface area is 92.4 Å². The minimum absolute atomic E-state index is 0.825. The molecule has 14 heavy (non-hydrogen) atoms. The van der Waals surface area contributed by atoms with Gasteiger partial charge in [-0.05, 0) is 38.1 Å². The van der Waals surface area contributed by atoms with Gasteiger partial charge >= 0.3 is 0 Å². The summed E-state index contributed by atoms with van der Waals surface area (Å²) >= 11 is 2.24. The largest absolute Gasteiger partial charge is 0.313 e. The number of thioether (sulfide) groups is 1. The minimum atomic E-state index is 0.825. The second-order valence-corrected chi connectivity index (χ2v) is 6.07. The van der Waals surface area contributed by atoms with Crippen LogP contribution in [0.15, 0.2) is 0 Å². The fraction of sp³-hybridized carbons (Fsp3) is 1.00. The fourth-order valence-electron chi connectivity index (χ4n) is 2.42. The highest BCUT2D eigenvalue weighted by Crippen LogP contribution is 2.36. The van der Waals surface area contributed by atoms with Gasteiger partial charge in [0.2, 0.25) is 0 Å². The predicted molar refractivity (Wildman–Crippen MR) is 64.9 cm³/mol. The van der Waals surface area contributed by atoms with Crippen molar-refractivity contribution in [3.8, 4) is 0 Å². The van der Waals surface area contributed by atoms with Gasteiger partial charge < -0.3 is 5.32 Å². The minimum Gasteiger partial charge on any atom is -0.313 e. The van der Waals surface area contributed by atoms with E-state index in [2.05, 4.69) is 24.0 Å². The maximum Gasteiger partial charge on any atom is 0.0186 e. The van der Waals surface area contributed by atoms with E-state index in [0.29, 0.717) is 0 Å². The monoisotopic (exact) mass is 213 g/mol. The predicted octanol–water partition coefficient (Wildman–Crippen LogP) is 3.05. The summed E-state index contributed by atoms with van der Waals surface area (Å²) < 4.78 is 0. The van der Waals surface area contributed by atoms with Crippen molar-refractivity contribution in [2.45, 2.75) is 56.7 Å². The van der Waals surface area contributed by atoms with Gasteiger partial charge in [-0.25, -0.2) is 0 Å². The molecule has 0 bridgehead atoms. The van der Waals surface area contributed by atoms with E-state index in [1.807, 2.05) is 0 Å². The standard InChI is InChI=1S/C12H23NS/c1-2-13-12(10-7-8-10)9-14-11-5-3-4-6-11/h10-13H,2-9H2,1H3. The van der Waals surface area contributed by atoms with Gasteiger partial charge in [-0.15, -0.1) is 0 Å². The molecule has 1 N–H and O–H groups in total. The van der Waals surface area contributed by atoms with Crippen molar-refractivity contribution in [3.63, 3.8) is 0 Å². The van der Waals surface area contributed by atoms with Crippen LogP contribution in [0.1, 0.15) is 45.4 Å². The molecule has 2 saturated carbocycles. The van der Waals surface area contributed by atoms with E-state index in [4.69, 9.17) is 0 Å². The SMILES string of the molecule is CCNC(CSC1CCCC1)C1CC1. The molecule has 2 heteroatoms. The van der Waals surface area contributed by atoms with Crippen molar-refractivity contribution in [1.82, 2.24) is 5.32 Å². The van der Waals surface area contributed by atoms with E-state index in [0.717, 1.165) is 23.8 Å². The van der Waals surface area contributed by atoms with E-state index in [-0.39, 0.29) is 0 Å². The van der Waals surface area contributed by atoms with Crippen LogP contribution in [0.5, 0.6) is 0 Å². The molecular formula is C12H23NS. The highest BCUT2D eigenvalue weighted by Gasteiger charge is 2.31. The van der Waals surface area contributed by atoms with Crippen LogP contribution < -0.4 is 5.32 Å². The van der Waals surface area contributed by atoms with Gasteiger partial charge in [0.25, 0.3) is 0 Å². The highest BCUT2D eigenvalue weighted by molar-refractivity contribution is 7.99. The maximum absolute atomic E-state index is 3.65. The van der Waals surface area contributed by atoms with Crippen LogP contribution in [0.2, 0.25) is 0 Å². The first kappa shape index (κ1) is 10.8. The molecule has 0 heterocycles. The molecule has 0 aromatic carbocycles. The van der Waals surface area contributed by atoms with Gasteiger partial charge in [0.1, 0.15) is 0 Å². The van der Waals surface area contributed by atoms with Gasteiger partial charge in [-0.2, -0.15) is 11.8 Å². The van der Waals surface area contributed by atoms with Crippen LogP contribution in [-0.2, 0) is 0 Å². The summed E-state index contributed by atoms with van der Waals surface area (Å²) in [5.41, 5.74) is 0.